The summed E-state index contributed by atoms with van der Waals surface area (Å²) in [6, 6.07) is 0.106. The van der Waals surface area contributed by atoms with Crippen LogP contribution in [0.25, 0.3) is 22.2 Å². The van der Waals surface area contributed by atoms with E-state index in [9.17, 15) is 22.0 Å². The van der Waals surface area contributed by atoms with Crippen LogP contribution in [0, 0.1) is 18.6 Å². The average Bonchev–Trinajstić information content (AvgIpc) is 3.46. The van der Waals surface area contributed by atoms with Crippen molar-refractivity contribution in [1.29, 1.82) is 0 Å². The number of hydrogen-bond acceptors (Lipinski definition) is 9. The van der Waals surface area contributed by atoms with E-state index in [1.54, 1.807) is 6.92 Å². The lowest BCUT2D eigenvalue weighted by Gasteiger charge is -2.42. The second-order valence-corrected chi connectivity index (χ2v) is 12.6. The summed E-state index contributed by atoms with van der Waals surface area (Å²) in [5, 5.41) is 3.47. The summed E-state index contributed by atoms with van der Waals surface area (Å²) in [4.78, 5) is 17.3. The van der Waals surface area contributed by atoms with E-state index in [2.05, 4.69) is 20.2 Å². The Morgan fingerprint density at radius 1 is 1.16 bits per heavy atom. The number of nitrogens with two attached hydrogens (primary N) is 1. The number of pyridine rings is 1. The molecule has 9 nitrogen and oxygen atoms in total. The number of halogens is 6. The van der Waals surface area contributed by atoms with Gasteiger partial charge in [-0.15, -0.1) is 0 Å². The number of benzene rings is 1. The van der Waals surface area contributed by atoms with E-state index in [0.29, 0.717) is 26.1 Å². The van der Waals surface area contributed by atoms with Gasteiger partial charge in [0.25, 0.3) is 0 Å². The van der Waals surface area contributed by atoms with Gasteiger partial charge in [-0.25, -0.2) is 18.2 Å². The van der Waals surface area contributed by atoms with Gasteiger partial charge in [0.15, 0.2) is 5.82 Å². The molecule has 4 aliphatic heterocycles. The van der Waals surface area contributed by atoms with E-state index >= 15 is 4.39 Å². The fourth-order valence-corrected chi connectivity index (χ4v) is 7.76. The molecule has 0 radical (unpaired) electrons. The van der Waals surface area contributed by atoms with Crippen molar-refractivity contribution in [2.75, 3.05) is 43.4 Å². The van der Waals surface area contributed by atoms with Crippen LogP contribution in [0.1, 0.15) is 44.2 Å². The molecule has 0 saturated carbocycles. The summed E-state index contributed by atoms with van der Waals surface area (Å²) in [7, 11) is 0. The van der Waals surface area contributed by atoms with E-state index in [4.69, 9.17) is 20.2 Å². The third kappa shape index (κ3) is 4.72. The largest absolute Gasteiger partial charge is 0.472 e. The van der Waals surface area contributed by atoms with Crippen LogP contribution in [0.3, 0.4) is 0 Å². The zero-order valence-corrected chi connectivity index (χ0v) is 24.9. The van der Waals surface area contributed by atoms with Gasteiger partial charge in [0.2, 0.25) is 5.88 Å². The Hall–Kier alpha value is -3.59. The molecule has 5 atom stereocenters. The maximum Gasteiger partial charge on any atom is 0.417 e. The minimum atomic E-state index is -5.06. The summed E-state index contributed by atoms with van der Waals surface area (Å²) in [5.74, 6) is -2.34. The molecule has 1 unspecified atom stereocenters. The molecule has 45 heavy (non-hydrogen) atoms. The molecule has 1 aromatic carbocycles. The first-order valence-corrected chi connectivity index (χ1v) is 15.0. The highest BCUT2D eigenvalue weighted by molar-refractivity contribution is 5.97. The second-order valence-electron chi connectivity index (χ2n) is 12.6. The van der Waals surface area contributed by atoms with E-state index in [1.165, 1.54) is 0 Å². The van der Waals surface area contributed by atoms with Crippen molar-refractivity contribution >= 4 is 22.4 Å². The zero-order chi connectivity index (χ0) is 32.0. The maximum absolute atomic E-state index is 16.7. The van der Waals surface area contributed by atoms with Crippen molar-refractivity contribution in [1.82, 2.24) is 25.2 Å². The third-order valence-corrected chi connectivity index (χ3v) is 9.75. The number of rotatable bonds is 4. The summed E-state index contributed by atoms with van der Waals surface area (Å²) < 4.78 is 101. The van der Waals surface area contributed by atoms with Gasteiger partial charge < -0.3 is 25.4 Å². The first-order chi connectivity index (χ1) is 21.3. The Kier molecular flexibility index (Phi) is 7.00. The van der Waals surface area contributed by atoms with Crippen LogP contribution in [0.4, 0.5) is 37.8 Å². The van der Waals surface area contributed by atoms with Gasteiger partial charge in [0.05, 0.1) is 22.8 Å². The average molecular weight is 638 g/mol. The van der Waals surface area contributed by atoms with Crippen molar-refractivity contribution in [3.8, 4) is 23.1 Å². The zero-order valence-electron chi connectivity index (χ0n) is 24.9. The molecule has 0 aliphatic carbocycles. The second kappa shape index (κ2) is 10.5. The van der Waals surface area contributed by atoms with Crippen molar-refractivity contribution < 1.29 is 35.8 Å². The van der Waals surface area contributed by atoms with Crippen LogP contribution in [0.2, 0.25) is 0 Å². The van der Waals surface area contributed by atoms with Crippen molar-refractivity contribution in [3.05, 3.63) is 28.8 Å². The van der Waals surface area contributed by atoms with Gasteiger partial charge in [0.1, 0.15) is 47.1 Å². The number of nitrogen functional groups attached to an aromatic ring is 1. The SMILES string of the molecule is Cc1c(F)c(N)cc(-c2nc3c4c(nc(OCC56CCCN5C[C@H](F)C6)nc4c2F)N2CCN[C@@H](C)[C@H]2[C@H](C)O3)c1C(F)(F)F. The lowest BCUT2D eigenvalue weighted by atomic mass is 9.95. The molecule has 15 heteroatoms. The van der Waals surface area contributed by atoms with E-state index in [1.807, 2.05) is 11.8 Å². The van der Waals surface area contributed by atoms with Crippen molar-refractivity contribution in [2.45, 2.75) is 76.1 Å². The molecule has 3 fully saturated rings. The van der Waals surface area contributed by atoms with E-state index in [0.717, 1.165) is 26.0 Å². The molecular formula is C30H33F6N7O2. The normalized spacial score (nSPS) is 28.2. The van der Waals surface area contributed by atoms with Gasteiger partial charge >= 0.3 is 12.2 Å². The number of nitrogens with zero attached hydrogens (tertiary/aromatic N) is 5. The maximum atomic E-state index is 16.7. The minimum absolute atomic E-state index is 0.0605. The molecule has 3 saturated heterocycles. The standard InChI is InChI=1S/C30H33F6N7O2/c1-13-20(30(34,35)36)17(9-18(37)21(13)32)23-22(33)24-19-26(43-8-6-38-14(2)25(43)15(3)45-27(19)39-23)41-28(40-24)44-12-29-5-4-7-42(29)11-16(31)10-29/h9,14-16,25,38H,4-8,10-12,37H2,1-3H3/t14-,15-,16+,25-,29?/m0/s1. The molecule has 7 rings (SSSR count). The molecule has 0 spiro atoms. The summed E-state index contributed by atoms with van der Waals surface area (Å²) in [5.41, 5.74) is 0.558. The van der Waals surface area contributed by atoms with Gasteiger partial charge in [0, 0.05) is 37.7 Å². The van der Waals surface area contributed by atoms with Crippen LogP contribution in [0.15, 0.2) is 6.07 Å². The summed E-state index contributed by atoms with van der Waals surface area (Å²) in [6.07, 6.45) is -4.74. The molecule has 2 aromatic heterocycles. The van der Waals surface area contributed by atoms with Crippen LogP contribution in [-0.2, 0) is 6.18 Å². The molecule has 0 bridgehead atoms. The number of aromatic nitrogens is 3. The molecule has 3 aromatic rings. The Morgan fingerprint density at radius 3 is 2.69 bits per heavy atom. The quantitative estimate of drug-likeness (QED) is 0.309. The Bertz CT molecular complexity index is 1690. The lowest BCUT2D eigenvalue weighted by molar-refractivity contribution is -0.137. The van der Waals surface area contributed by atoms with Gasteiger partial charge in [-0.05, 0) is 51.8 Å². The minimum Gasteiger partial charge on any atom is -0.472 e. The highest BCUT2D eigenvalue weighted by atomic mass is 19.4. The molecular weight excluding hydrogens is 604 g/mol. The number of fused-ring (bicyclic) bond motifs is 3. The number of piperazine rings is 1. The van der Waals surface area contributed by atoms with Crippen molar-refractivity contribution in [2.24, 2.45) is 0 Å². The fourth-order valence-electron chi connectivity index (χ4n) is 7.76. The van der Waals surface area contributed by atoms with E-state index < -0.39 is 63.7 Å². The van der Waals surface area contributed by atoms with Gasteiger partial charge in [-0.3, -0.25) is 4.90 Å². The first kappa shape index (κ1) is 30.1. The Balaban J connectivity index is 1.44. The molecule has 6 heterocycles. The van der Waals surface area contributed by atoms with Crippen LogP contribution in [-0.4, -0.2) is 82.5 Å². The van der Waals surface area contributed by atoms with Gasteiger partial charge in [-0.1, -0.05) is 0 Å². The lowest BCUT2D eigenvalue weighted by Crippen LogP contribution is -2.61. The Morgan fingerprint density at radius 2 is 1.93 bits per heavy atom. The topological polar surface area (TPSA) is 102 Å². The first-order valence-electron chi connectivity index (χ1n) is 15.0. The summed E-state index contributed by atoms with van der Waals surface area (Å²) >= 11 is 0. The predicted molar refractivity (Wildman–Crippen MR) is 154 cm³/mol. The molecule has 4 aliphatic rings. The summed E-state index contributed by atoms with van der Waals surface area (Å²) in [6.45, 7) is 6.82. The van der Waals surface area contributed by atoms with Crippen LogP contribution >= 0.6 is 0 Å². The smallest absolute Gasteiger partial charge is 0.417 e. The monoisotopic (exact) mass is 637 g/mol. The predicted octanol–water partition coefficient (Wildman–Crippen LogP) is 4.78. The van der Waals surface area contributed by atoms with Crippen LogP contribution < -0.4 is 25.4 Å². The molecule has 242 valence electrons. The molecule has 0 amide bonds. The number of ether oxygens (including phenoxy) is 2. The highest BCUT2D eigenvalue weighted by Gasteiger charge is 2.50. The number of nitrogens with one attached hydrogen (secondary N) is 1. The highest BCUT2D eigenvalue weighted by Crippen LogP contribution is 2.47. The number of alkyl halides is 4. The van der Waals surface area contributed by atoms with E-state index in [-0.39, 0.29) is 53.7 Å². The van der Waals surface area contributed by atoms with Gasteiger partial charge in [-0.2, -0.15) is 23.1 Å². The van der Waals surface area contributed by atoms with Crippen molar-refractivity contribution in [3.63, 3.8) is 0 Å². The third-order valence-electron chi connectivity index (χ3n) is 9.75. The molecule has 3 N–H and O–H groups in total. The Labute approximate surface area is 255 Å². The fraction of sp³-hybridized carbons (Fsp3) is 0.567. The number of hydrogen-bond donors (Lipinski definition) is 2. The van der Waals surface area contributed by atoms with Crippen LogP contribution in [0.5, 0.6) is 11.9 Å². The number of anilines is 2.